The van der Waals surface area contributed by atoms with Crippen molar-refractivity contribution >= 4 is 41.0 Å². The smallest absolute Gasteiger partial charge is 0.303 e. The number of carboxylic acid groups (broad SMARTS) is 1. The topological polar surface area (TPSA) is 77.9 Å². The van der Waals surface area contributed by atoms with E-state index in [4.69, 9.17) is 28.3 Å². The molecular formula is C17H20Cl2N2O4. The molecule has 1 aromatic carbocycles. The molecule has 25 heavy (non-hydrogen) atoms. The van der Waals surface area contributed by atoms with E-state index in [2.05, 4.69) is 0 Å². The Morgan fingerprint density at radius 1 is 1.00 bits per heavy atom. The predicted molar refractivity (Wildman–Crippen MR) is 95.0 cm³/mol. The summed E-state index contributed by atoms with van der Waals surface area (Å²) in [5.74, 6) is -1.36. The second kappa shape index (κ2) is 8.54. The van der Waals surface area contributed by atoms with E-state index >= 15 is 0 Å². The number of nitrogens with zero attached hydrogens (tertiary/aromatic N) is 2. The molecule has 1 saturated heterocycles. The van der Waals surface area contributed by atoms with Gasteiger partial charge in [-0.05, 0) is 24.1 Å². The van der Waals surface area contributed by atoms with Gasteiger partial charge in [0.25, 0.3) is 5.91 Å². The van der Waals surface area contributed by atoms with Gasteiger partial charge in [-0.25, -0.2) is 0 Å². The molecule has 0 aromatic heterocycles. The van der Waals surface area contributed by atoms with Crippen molar-refractivity contribution in [2.24, 2.45) is 5.92 Å². The molecule has 0 aliphatic carbocycles. The minimum Gasteiger partial charge on any atom is -0.481 e. The molecule has 1 unspecified atom stereocenters. The van der Waals surface area contributed by atoms with Crippen LogP contribution in [0.25, 0.3) is 0 Å². The number of hydrogen-bond acceptors (Lipinski definition) is 3. The molecule has 1 aliphatic rings. The van der Waals surface area contributed by atoms with Crippen LogP contribution in [0.1, 0.15) is 30.1 Å². The van der Waals surface area contributed by atoms with E-state index in [1.807, 2.05) is 0 Å². The first-order chi connectivity index (χ1) is 11.8. The maximum absolute atomic E-state index is 12.5. The number of benzene rings is 1. The Bertz CT molecular complexity index is 652. The van der Waals surface area contributed by atoms with Crippen LogP contribution in [-0.4, -0.2) is 58.9 Å². The van der Waals surface area contributed by atoms with Gasteiger partial charge in [0.2, 0.25) is 5.91 Å². The number of halogens is 2. The Morgan fingerprint density at radius 2 is 1.52 bits per heavy atom. The summed E-state index contributed by atoms with van der Waals surface area (Å²) in [5, 5.41) is 9.56. The maximum atomic E-state index is 12.5. The average Bonchev–Trinajstić information content (AvgIpc) is 2.52. The fraction of sp³-hybridized carbons (Fsp3) is 0.471. The van der Waals surface area contributed by atoms with E-state index < -0.39 is 5.97 Å². The Balaban J connectivity index is 1.89. The Labute approximate surface area is 156 Å². The third-order valence-corrected chi connectivity index (χ3v) is 4.51. The van der Waals surface area contributed by atoms with Crippen molar-refractivity contribution in [2.45, 2.75) is 19.8 Å². The molecule has 1 N–H and O–H groups in total. The van der Waals surface area contributed by atoms with Crippen LogP contribution in [0.5, 0.6) is 0 Å². The molecule has 8 heteroatoms. The van der Waals surface area contributed by atoms with Gasteiger partial charge >= 0.3 is 5.97 Å². The van der Waals surface area contributed by atoms with E-state index in [1.54, 1.807) is 34.9 Å². The third kappa shape index (κ3) is 5.61. The molecule has 136 valence electrons. The molecule has 0 radical (unpaired) electrons. The summed E-state index contributed by atoms with van der Waals surface area (Å²) in [7, 11) is 0. The largest absolute Gasteiger partial charge is 0.481 e. The lowest BCUT2D eigenvalue weighted by Gasteiger charge is -2.35. The van der Waals surface area contributed by atoms with Gasteiger partial charge in [-0.15, -0.1) is 0 Å². The summed E-state index contributed by atoms with van der Waals surface area (Å²) in [5.41, 5.74) is 0.423. The van der Waals surface area contributed by atoms with E-state index in [0.717, 1.165) is 0 Å². The fourth-order valence-corrected chi connectivity index (χ4v) is 3.34. The van der Waals surface area contributed by atoms with Gasteiger partial charge in [0.05, 0.1) is 0 Å². The highest BCUT2D eigenvalue weighted by Gasteiger charge is 2.26. The van der Waals surface area contributed by atoms with Crippen LogP contribution in [0.15, 0.2) is 18.2 Å². The molecule has 1 fully saturated rings. The van der Waals surface area contributed by atoms with E-state index in [0.29, 0.717) is 41.8 Å². The normalized spacial score (nSPS) is 15.8. The van der Waals surface area contributed by atoms with Gasteiger partial charge in [-0.1, -0.05) is 30.1 Å². The zero-order chi connectivity index (χ0) is 18.6. The number of carbonyl (C=O) groups excluding carboxylic acids is 2. The van der Waals surface area contributed by atoms with Crippen molar-refractivity contribution in [2.75, 3.05) is 26.2 Å². The molecule has 0 bridgehead atoms. The molecule has 1 atom stereocenters. The van der Waals surface area contributed by atoms with Crippen molar-refractivity contribution in [1.82, 2.24) is 9.80 Å². The Hall–Kier alpha value is -1.79. The lowest BCUT2D eigenvalue weighted by molar-refractivity contribution is -0.138. The summed E-state index contributed by atoms with van der Waals surface area (Å²) in [6.07, 6.45) is 0.171. The first-order valence-corrected chi connectivity index (χ1v) is 8.77. The number of aliphatic carboxylic acids is 1. The van der Waals surface area contributed by atoms with Crippen LogP contribution in [0.4, 0.5) is 0 Å². The van der Waals surface area contributed by atoms with Crippen molar-refractivity contribution < 1.29 is 19.5 Å². The van der Waals surface area contributed by atoms with Gasteiger partial charge in [0, 0.05) is 54.6 Å². The lowest BCUT2D eigenvalue weighted by atomic mass is 10.0. The van der Waals surface area contributed by atoms with Crippen molar-refractivity contribution in [3.8, 4) is 0 Å². The third-order valence-electron chi connectivity index (χ3n) is 4.08. The zero-order valence-electron chi connectivity index (χ0n) is 13.9. The molecule has 6 nitrogen and oxygen atoms in total. The van der Waals surface area contributed by atoms with Crippen LogP contribution < -0.4 is 0 Å². The first kappa shape index (κ1) is 19.5. The quantitative estimate of drug-likeness (QED) is 0.843. The number of hydrogen-bond donors (Lipinski definition) is 1. The number of amides is 2. The predicted octanol–water partition coefficient (Wildman–Crippen LogP) is 2.78. The minimum absolute atomic E-state index is 0.0281. The van der Waals surface area contributed by atoms with E-state index in [1.165, 1.54) is 0 Å². The standard InChI is InChI=1S/C17H20Cl2N2O4/c1-11(7-16(23)24)6-15(22)20-2-4-21(5-3-20)17(25)12-8-13(18)10-14(19)9-12/h8-11H,2-7H2,1H3,(H,23,24). The van der Waals surface area contributed by atoms with Crippen LogP contribution in [0, 0.1) is 5.92 Å². The number of carbonyl (C=O) groups is 3. The lowest BCUT2D eigenvalue weighted by Crippen LogP contribution is -2.50. The maximum Gasteiger partial charge on any atom is 0.303 e. The summed E-state index contributed by atoms with van der Waals surface area (Å²) in [4.78, 5) is 38.8. The van der Waals surface area contributed by atoms with Crippen molar-refractivity contribution in [1.29, 1.82) is 0 Å². The summed E-state index contributed by atoms with van der Waals surface area (Å²) in [6.45, 7) is 3.44. The van der Waals surface area contributed by atoms with Crippen molar-refractivity contribution in [3.05, 3.63) is 33.8 Å². The Morgan fingerprint density at radius 3 is 2.04 bits per heavy atom. The molecule has 1 heterocycles. The zero-order valence-corrected chi connectivity index (χ0v) is 15.4. The molecule has 0 saturated carbocycles. The minimum atomic E-state index is -0.907. The summed E-state index contributed by atoms with van der Waals surface area (Å²) < 4.78 is 0. The van der Waals surface area contributed by atoms with Gasteiger partial charge in [-0.2, -0.15) is 0 Å². The summed E-state index contributed by atoms with van der Waals surface area (Å²) in [6, 6.07) is 4.70. The van der Waals surface area contributed by atoms with Gasteiger partial charge in [0.1, 0.15) is 0 Å². The first-order valence-electron chi connectivity index (χ1n) is 8.01. The molecule has 1 aliphatic heterocycles. The Kier molecular flexibility index (Phi) is 6.67. The number of rotatable bonds is 5. The fourth-order valence-electron chi connectivity index (χ4n) is 2.82. The SMILES string of the molecule is CC(CC(=O)O)CC(=O)N1CCN(C(=O)c2cc(Cl)cc(Cl)c2)CC1. The molecule has 2 rings (SSSR count). The second-order valence-electron chi connectivity index (χ2n) is 6.24. The highest BCUT2D eigenvalue weighted by atomic mass is 35.5. The number of piperazine rings is 1. The summed E-state index contributed by atoms with van der Waals surface area (Å²) >= 11 is 11.9. The van der Waals surface area contributed by atoms with Gasteiger partial charge in [-0.3, -0.25) is 14.4 Å². The average molecular weight is 387 g/mol. The molecular weight excluding hydrogens is 367 g/mol. The van der Waals surface area contributed by atoms with E-state index in [-0.39, 0.29) is 30.6 Å². The van der Waals surface area contributed by atoms with Crippen LogP contribution in [0.3, 0.4) is 0 Å². The number of carboxylic acids is 1. The van der Waals surface area contributed by atoms with Crippen LogP contribution in [-0.2, 0) is 9.59 Å². The molecule has 2 amide bonds. The highest BCUT2D eigenvalue weighted by Crippen LogP contribution is 2.21. The highest BCUT2D eigenvalue weighted by molar-refractivity contribution is 6.35. The van der Waals surface area contributed by atoms with E-state index in [9.17, 15) is 14.4 Å². The molecule has 1 aromatic rings. The second-order valence-corrected chi connectivity index (χ2v) is 7.11. The molecule has 0 spiro atoms. The van der Waals surface area contributed by atoms with Crippen molar-refractivity contribution in [3.63, 3.8) is 0 Å². The van der Waals surface area contributed by atoms with Gasteiger partial charge < -0.3 is 14.9 Å². The van der Waals surface area contributed by atoms with Crippen LogP contribution in [0.2, 0.25) is 10.0 Å². The van der Waals surface area contributed by atoms with Crippen LogP contribution >= 0.6 is 23.2 Å². The van der Waals surface area contributed by atoms with Gasteiger partial charge in [0.15, 0.2) is 0 Å². The monoisotopic (exact) mass is 386 g/mol.